The van der Waals surface area contributed by atoms with Crippen LogP contribution in [-0.4, -0.2) is 37.2 Å². The number of amides is 3. The van der Waals surface area contributed by atoms with Crippen molar-refractivity contribution in [1.82, 2.24) is 5.32 Å². The van der Waals surface area contributed by atoms with Crippen LogP contribution in [0.15, 0.2) is 24.3 Å². The van der Waals surface area contributed by atoms with Gasteiger partial charge in [0.05, 0.1) is 0 Å². The Balaban J connectivity index is 1.86. The summed E-state index contributed by atoms with van der Waals surface area (Å²) in [4.78, 5) is 33.2. The number of esters is 1. The minimum atomic E-state index is -1.02. The molecule has 0 aromatic heterocycles. The van der Waals surface area contributed by atoms with E-state index in [1.54, 1.807) is 29.6 Å². The Kier molecular flexibility index (Phi) is 4.04. The Labute approximate surface area is 113 Å². The highest BCUT2D eigenvalue weighted by Gasteiger charge is 2.29. The molecule has 0 fully saturated rings. The molecule has 1 aliphatic heterocycles. The van der Waals surface area contributed by atoms with Crippen LogP contribution in [0.4, 0.5) is 4.79 Å². The number of hydrogen-bond donors (Lipinski definition) is 2. The van der Waals surface area contributed by atoms with Gasteiger partial charge in [0.2, 0.25) is 6.10 Å². The lowest BCUT2D eigenvalue weighted by molar-refractivity contribution is -0.157. The smallest absolute Gasteiger partial charge is 0.351 e. The number of rotatable bonds is 3. The molecule has 2 rings (SSSR count). The second-order valence-electron chi connectivity index (χ2n) is 3.88. The Morgan fingerprint density at radius 3 is 2.70 bits per heavy atom. The number of fused-ring (bicyclic) bond motifs is 1. The van der Waals surface area contributed by atoms with E-state index in [2.05, 4.69) is 0 Å². The minimum absolute atomic E-state index is 0.0206. The van der Waals surface area contributed by atoms with E-state index in [0.29, 0.717) is 11.5 Å². The fourth-order valence-electron chi connectivity index (χ4n) is 1.54. The number of primary amides is 1. The molecule has 20 heavy (non-hydrogen) atoms. The molecule has 0 bridgehead atoms. The molecule has 8 nitrogen and oxygen atoms in total. The van der Waals surface area contributed by atoms with Crippen molar-refractivity contribution in [1.29, 1.82) is 0 Å². The Bertz CT molecular complexity index is 545. The number of carbonyl (C=O) groups is 3. The maximum atomic E-state index is 11.7. The Morgan fingerprint density at radius 2 is 2.00 bits per heavy atom. The van der Waals surface area contributed by atoms with Crippen molar-refractivity contribution in [2.75, 3.05) is 13.2 Å². The van der Waals surface area contributed by atoms with Gasteiger partial charge in [-0.1, -0.05) is 12.1 Å². The predicted octanol–water partition coefficient (Wildman–Crippen LogP) is -0.435. The molecule has 0 unspecified atom stereocenters. The molecule has 1 aliphatic rings. The van der Waals surface area contributed by atoms with E-state index < -0.39 is 30.6 Å². The van der Waals surface area contributed by atoms with Crippen molar-refractivity contribution in [3.63, 3.8) is 0 Å². The SMILES string of the molecule is NC(=O)NC(=O)COC(=O)[C@@H]1COc2ccccc2O1. The quantitative estimate of drug-likeness (QED) is 0.725. The molecule has 1 heterocycles. The van der Waals surface area contributed by atoms with E-state index in [1.165, 1.54) is 0 Å². The van der Waals surface area contributed by atoms with Gasteiger partial charge in [-0.15, -0.1) is 0 Å². The third kappa shape index (κ3) is 3.37. The number of imide groups is 1. The molecular formula is C12H12N2O6. The van der Waals surface area contributed by atoms with E-state index in [-0.39, 0.29) is 6.61 Å². The van der Waals surface area contributed by atoms with Crippen molar-refractivity contribution < 1.29 is 28.6 Å². The van der Waals surface area contributed by atoms with E-state index >= 15 is 0 Å². The van der Waals surface area contributed by atoms with E-state index in [0.717, 1.165) is 0 Å². The van der Waals surface area contributed by atoms with Crippen LogP contribution in [0.1, 0.15) is 0 Å². The monoisotopic (exact) mass is 280 g/mol. The molecule has 0 saturated heterocycles. The topological polar surface area (TPSA) is 117 Å². The summed E-state index contributed by atoms with van der Waals surface area (Å²) in [6, 6.07) is 5.84. The zero-order chi connectivity index (χ0) is 14.5. The number of nitrogens with two attached hydrogens (primary N) is 1. The lowest BCUT2D eigenvalue weighted by Crippen LogP contribution is -2.41. The predicted molar refractivity (Wildman–Crippen MR) is 65.0 cm³/mol. The second-order valence-corrected chi connectivity index (χ2v) is 3.88. The number of para-hydroxylation sites is 2. The van der Waals surface area contributed by atoms with Crippen LogP contribution >= 0.6 is 0 Å². The lowest BCUT2D eigenvalue weighted by Gasteiger charge is -2.24. The number of benzene rings is 1. The lowest BCUT2D eigenvalue weighted by atomic mass is 10.2. The molecule has 106 valence electrons. The molecule has 3 amide bonds. The first-order valence-electron chi connectivity index (χ1n) is 5.70. The van der Waals surface area contributed by atoms with Crippen molar-refractivity contribution in [2.45, 2.75) is 6.10 Å². The molecule has 0 spiro atoms. The zero-order valence-corrected chi connectivity index (χ0v) is 10.3. The van der Waals surface area contributed by atoms with Gasteiger partial charge in [0.15, 0.2) is 18.1 Å². The van der Waals surface area contributed by atoms with E-state index in [4.69, 9.17) is 19.9 Å². The van der Waals surface area contributed by atoms with Gasteiger partial charge in [-0.3, -0.25) is 10.1 Å². The maximum absolute atomic E-state index is 11.7. The third-order valence-corrected chi connectivity index (χ3v) is 2.38. The third-order valence-electron chi connectivity index (χ3n) is 2.38. The van der Waals surface area contributed by atoms with Crippen molar-refractivity contribution in [3.8, 4) is 11.5 Å². The van der Waals surface area contributed by atoms with Gasteiger partial charge in [-0.05, 0) is 12.1 Å². The summed E-state index contributed by atoms with van der Waals surface area (Å²) in [5.74, 6) is -0.632. The highest BCUT2D eigenvalue weighted by molar-refractivity contribution is 5.94. The van der Waals surface area contributed by atoms with Crippen LogP contribution in [0, 0.1) is 0 Å². The molecule has 0 aliphatic carbocycles. The van der Waals surface area contributed by atoms with Crippen LogP contribution in [0.3, 0.4) is 0 Å². The number of urea groups is 1. The molecule has 1 atom stereocenters. The zero-order valence-electron chi connectivity index (χ0n) is 10.3. The van der Waals surface area contributed by atoms with Crippen LogP contribution < -0.4 is 20.5 Å². The second kappa shape index (κ2) is 5.91. The standard InChI is InChI=1S/C12H12N2O6/c13-12(17)14-10(15)6-19-11(16)9-5-18-7-3-1-2-4-8(7)20-9/h1-4,9H,5-6H2,(H3,13,14,15,17)/t9-/m0/s1. The van der Waals surface area contributed by atoms with Crippen LogP contribution in [0.2, 0.25) is 0 Å². The van der Waals surface area contributed by atoms with Crippen LogP contribution in [0.25, 0.3) is 0 Å². The maximum Gasteiger partial charge on any atom is 0.351 e. The van der Waals surface area contributed by atoms with E-state index in [9.17, 15) is 14.4 Å². The molecular weight excluding hydrogens is 268 g/mol. The van der Waals surface area contributed by atoms with Crippen molar-refractivity contribution in [2.24, 2.45) is 5.73 Å². The Hall–Kier alpha value is -2.77. The van der Waals surface area contributed by atoms with Gasteiger partial charge in [0, 0.05) is 0 Å². The highest BCUT2D eigenvalue weighted by atomic mass is 16.6. The average Bonchev–Trinajstić information content (AvgIpc) is 2.43. The number of hydrogen-bond acceptors (Lipinski definition) is 6. The highest BCUT2D eigenvalue weighted by Crippen LogP contribution is 2.30. The summed E-state index contributed by atoms with van der Waals surface area (Å²) in [7, 11) is 0. The van der Waals surface area contributed by atoms with Crippen LogP contribution in [-0.2, 0) is 14.3 Å². The molecule has 8 heteroatoms. The summed E-state index contributed by atoms with van der Waals surface area (Å²) in [5, 5.41) is 1.77. The summed E-state index contributed by atoms with van der Waals surface area (Å²) in [5.41, 5.74) is 4.74. The summed E-state index contributed by atoms with van der Waals surface area (Å²) >= 11 is 0. The van der Waals surface area contributed by atoms with Gasteiger partial charge < -0.3 is 19.9 Å². The summed E-state index contributed by atoms with van der Waals surface area (Å²) in [6.45, 7) is -0.642. The normalized spacial score (nSPS) is 16.1. The van der Waals surface area contributed by atoms with Gasteiger partial charge in [0.25, 0.3) is 5.91 Å². The minimum Gasteiger partial charge on any atom is -0.485 e. The van der Waals surface area contributed by atoms with Gasteiger partial charge in [0.1, 0.15) is 6.61 Å². The Morgan fingerprint density at radius 1 is 1.30 bits per heavy atom. The van der Waals surface area contributed by atoms with Gasteiger partial charge in [-0.25, -0.2) is 9.59 Å². The molecule has 1 aromatic rings. The largest absolute Gasteiger partial charge is 0.485 e. The van der Waals surface area contributed by atoms with Crippen LogP contribution in [0.5, 0.6) is 11.5 Å². The number of nitrogens with one attached hydrogen (secondary N) is 1. The molecule has 0 radical (unpaired) electrons. The molecule has 1 aromatic carbocycles. The summed E-state index contributed by atoms with van der Waals surface area (Å²) in [6.07, 6.45) is -0.966. The first-order chi connectivity index (χ1) is 9.56. The number of carbonyl (C=O) groups excluding carboxylic acids is 3. The van der Waals surface area contributed by atoms with E-state index in [1.807, 2.05) is 0 Å². The average molecular weight is 280 g/mol. The van der Waals surface area contributed by atoms with Gasteiger partial charge in [-0.2, -0.15) is 0 Å². The fourth-order valence-corrected chi connectivity index (χ4v) is 1.54. The van der Waals surface area contributed by atoms with Crippen molar-refractivity contribution in [3.05, 3.63) is 24.3 Å². The first-order valence-corrected chi connectivity index (χ1v) is 5.70. The fraction of sp³-hybridized carbons (Fsp3) is 0.250. The van der Waals surface area contributed by atoms with Gasteiger partial charge >= 0.3 is 12.0 Å². The molecule has 3 N–H and O–H groups in total. The molecule has 0 saturated carbocycles. The summed E-state index contributed by atoms with van der Waals surface area (Å²) < 4.78 is 15.4. The van der Waals surface area contributed by atoms with Crippen molar-refractivity contribution >= 4 is 17.9 Å². The number of ether oxygens (including phenoxy) is 3. The first kappa shape index (κ1) is 13.7.